The number of fused-ring (bicyclic) bond motifs is 1. The second-order valence-corrected chi connectivity index (χ2v) is 7.82. The highest BCUT2D eigenvalue weighted by Crippen LogP contribution is 2.32. The molecule has 9 heteroatoms. The first kappa shape index (κ1) is 21.4. The van der Waals surface area contributed by atoms with Gasteiger partial charge in [0.15, 0.2) is 11.3 Å². The Morgan fingerprint density at radius 3 is 2.97 bits per heavy atom. The zero-order valence-corrected chi connectivity index (χ0v) is 18.0. The van der Waals surface area contributed by atoms with E-state index in [-0.39, 0.29) is 18.0 Å². The van der Waals surface area contributed by atoms with Gasteiger partial charge in [0.2, 0.25) is 0 Å². The van der Waals surface area contributed by atoms with Crippen molar-refractivity contribution in [2.45, 2.75) is 19.1 Å². The molecule has 0 radical (unpaired) electrons. The summed E-state index contributed by atoms with van der Waals surface area (Å²) in [4.78, 5) is 19.1. The summed E-state index contributed by atoms with van der Waals surface area (Å²) < 4.78 is 30.4. The lowest BCUT2D eigenvalue weighted by Gasteiger charge is -2.31. The number of halogens is 2. The molecule has 0 spiro atoms. The number of carbonyl (C=O) groups is 1. The van der Waals surface area contributed by atoms with Crippen LogP contribution in [0.1, 0.15) is 28.9 Å². The monoisotopic (exact) mass is 447 g/mol. The van der Waals surface area contributed by atoms with Gasteiger partial charge in [-0.25, -0.2) is 4.39 Å². The Kier molecular flexibility index (Phi) is 6.29. The van der Waals surface area contributed by atoms with Crippen molar-refractivity contribution in [2.75, 3.05) is 38.8 Å². The van der Waals surface area contributed by atoms with Gasteiger partial charge in [0.1, 0.15) is 12.2 Å². The minimum Gasteiger partial charge on any atom is -0.493 e. The number of oxazole rings is 1. The second-order valence-electron chi connectivity index (χ2n) is 7.38. The molecule has 2 atom stereocenters. The quantitative estimate of drug-likeness (QED) is 0.600. The summed E-state index contributed by atoms with van der Waals surface area (Å²) in [5, 5.41) is 3.46. The van der Waals surface area contributed by atoms with Crippen molar-refractivity contribution in [3.8, 4) is 5.75 Å². The van der Waals surface area contributed by atoms with Crippen LogP contribution < -0.4 is 10.1 Å². The summed E-state index contributed by atoms with van der Waals surface area (Å²) in [5.41, 5.74) is 1.92. The molecule has 1 N–H and O–H groups in total. The Bertz CT molecular complexity index is 1090. The van der Waals surface area contributed by atoms with Crippen molar-refractivity contribution in [1.82, 2.24) is 9.88 Å². The molecule has 1 aliphatic rings. The van der Waals surface area contributed by atoms with Crippen molar-refractivity contribution in [1.29, 1.82) is 0 Å². The third-order valence-corrected chi connectivity index (χ3v) is 5.39. The number of nitrogens with one attached hydrogen (secondary N) is 1. The summed E-state index contributed by atoms with van der Waals surface area (Å²) in [5.74, 6) is 0.246. The Labute approximate surface area is 184 Å². The van der Waals surface area contributed by atoms with Gasteiger partial charge in [0, 0.05) is 23.7 Å². The number of methoxy groups -OCH3 is 1. The maximum Gasteiger partial charge on any atom is 0.296 e. The predicted molar refractivity (Wildman–Crippen MR) is 116 cm³/mol. The molecule has 3 aromatic rings. The number of amides is 1. The van der Waals surface area contributed by atoms with Crippen molar-refractivity contribution in [3.63, 3.8) is 0 Å². The molecule has 2 unspecified atom stereocenters. The molecule has 4 rings (SSSR count). The number of nitrogens with zero attached hydrogens (tertiary/aromatic N) is 2. The SMILES string of the molecule is COc1cc(C(=O)N2CCOC(C)C2)cc2nc(NC(CF)c3cccc(Cl)c3)oc12. The van der Waals surface area contributed by atoms with E-state index < -0.39 is 12.7 Å². The molecule has 1 fully saturated rings. The van der Waals surface area contributed by atoms with E-state index in [1.807, 2.05) is 6.92 Å². The fourth-order valence-corrected chi connectivity index (χ4v) is 3.81. The van der Waals surface area contributed by atoms with Crippen molar-refractivity contribution >= 4 is 34.6 Å². The Hall–Kier alpha value is -2.84. The number of rotatable bonds is 6. The number of alkyl halides is 1. The minimum absolute atomic E-state index is 0.0182. The number of aromatic nitrogens is 1. The van der Waals surface area contributed by atoms with Gasteiger partial charge in [0.05, 0.1) is 25.9 Å². The van der Waals surface area contributed by atoms with Gasteiger partial charge in [-0.15, -0.1) is 0 Å². The first-order chi connectivity index (χ1) is 15.0. The summed E-state index contributed by atoms with van der Waals surface area (Å²) >= 11 is 6.02. The summed E-state index contributed by atoms with van der Waals surface area (Å²) in [6.45, 7) is 2.78. The van der Waals surface area contributed by atoms with Crippen LogP contribution in [0.5, 0.6) is 5.75 Å². The van der Waals surface area contributed by atoms with Crippen LogP contribution in [0.15, 0.2) is 40.8 Å². The average Bonchev–Trinajstić information content (AvgIpc) is 3.18. The van der Waals surface area contributed by atoms with E-state index in [4.69, 9.17) is 25.5 Å². The number of hydrogen-bond acceptors (Lipinski definition) is 6. The standard InChI is InChI=1S/C22H23ClFN3O4/c1-13-12-27(6-7-30-13)21(28)15-9-17-20(19(10-15)29-2)31-22(25-17)26-18(11-24)14-4-3-5-16(23)8-14/h3-5,8-10,13,18H,6-7,11-12H2,1-2H3,(H,25,26). The maximum atomic E-state index is 13.7. The maximum absolute atomic E-state index is 13.7. The summed E-state index contributed by atoms with van der Waals surface area (Å²) in [6, 6.07) is 9.64. The number of ether oxygens (including phenoxy) is 2. The van der Waals surface area contributed by atoms with Crippen LogP contribution in [-0.2, 0) is 4.74 Å². The molecule has 0 saturated carbocycles. The molecule has 0 aliphatic carbocycles. The van der Waals surface area contributed by atoms with E-state index in [1.165, 1.54) is 7.11 Å². The zero-order chi connectivity index (χ0) is 22.0. The molecular formula is C22H23ClFN3O4. The summed E-state index contributed by atoms with van der Waals surface area (Å²) in [7, 11) is 1.49. The third-order valence-electron chi connectivity index (χ3n) is 5.15. The van der Waals surface area contributed by atoms with E-state index >= 15 is 0 Å². The number of anilines is 1. The van der Waals surface area contributed by atoms with Gasteiger partial charge in [0.25, 0.3) is 11.9 Å². The molecule has 2 heterocycles. The zero-order valence-electron chi connectivity index (χ0n) is 17.2. The van der Waals surface area contributed by atoms with Gasteiger partial charge in [-0.05, 0) is 36.8 Å². The Morgan fingerprint density at radius 2 is 2.26 bits per heavy atom. The largest absolute Gasteiger partial charge is 0.493 e. The first-order valence-electron chi connectivity index (χ1n) is 9.96. The van der Waals surface area contributed by atoms with E-state index in [0.29, 0.717) is 52.7 Å². The van der Waals surface area contributed by atoms with Crippen LogP contribution in [-0.4, -0.2) is 55.4 Å². The topological polar surface area (TPSA) is 76.8 Å². The van der Waals surface area contributed by atoms with Crippen LogP contribution in [0.3, 0.4) is 0 Å². The lowest BCUT2D eigenvalue weighted by Crippen LogP contribution is -2.44. The van der Waals surface area contributed by atoms with Gasteiger partial charge in [-0.3, -0.25) is 4.79 Å². The van der Waals surface area contributed by atoms with E-state index in [1.54, 1.807) is 41.3 Å². The molecule has 1 aliphatic heterocycles. The highest BCUT2D eigenvalue weighted by atomic mass is 35.5. The molecule has 1 amide bonds. The van der Waals surface area contributed by atoms with E-state index in [0.717, 1.165) is 0 Å². The Balaban J connectivity index is 1.63. The highest BCUT2D eigenvalue weighted by molar-refractivity contribution is 6.30. The average molecular weight is 448 g/mol. The van der Waals surface area contributed by atoms with Gasteiger partial charge in [-0.2, -0.15) is 4.98 Å². The molecule has 0 bridgehead atoms. The lowest BCUT2D eigenvalue weighted by atomic mass is 10.1. The number of morpholine rings is 1. The smallest absolute Gasteiger partial charge is 0.296 e. The van der Waals surface area contributed by atoms with Gasteiger partial charge < -0.3 is 24.1 Å². The van der Waals surface area contributed by atoms with Crippen molar-refractivity contribution in [2.24, 2.45) is 0 Å². The molecule has 7 nitrogen and oxygen atoms in total. The van der Waals surface area contributed by atoms with Crippen LogP contribution in [0.25, 0.3) is 11.1 Å². The predicted octanol–water partition coefficient (Wildman–Crippen LogP) is 4.47. The van der Waals surface area contributed by atoms with Gasteiger partial charge >= 0.3 is 0 Å². The van der Waals surface area contributed by atoms with Crippen molar-refractivity contribution < 1.29 is 23.1 Å². The molecule has 164 valence electrons. The molecule has 1 saturated heterocycles. The fraction of sp³-hybridized carbons (Fsp3) is 0.364. The van der Waals surface area contributed by atoms with Crippen LogP contribution in [0.4, 0.5) is 10.4 Å². The lowest BCUT2D eigenvalue weighted by molar-refractivity contribution is -0.0124. The number of carbonyl (C=O) groups excluding carboxylic acids is 1. The molecular weight excluding hydrogens is 425 g/mol. The fourth-order valence-electron chi connectivity index (χ4n) is 3.61. The second kappa shape index (κ2) is 9.11. The molecule has 1 aromatic heterocycles. The van der Waals surface area contributed by atoms with E-state index in [9.17, 15) is 9.18 Å². The van der Waals surface area contributed by atoms with Crippen LogP contribution >= 0.6 is 11.6 Å². The third kappa shape index (κ3) is 4.60. The number of benzene rings is 2. The first-order valence-corrected chi connectivity index (χ1v) is 10.3. The van der Waals surface area contributed by atoms with Crippen LogP contribution in [0.2, 0.25) is 5.02 Å². The minimum atomic E-state index is -0.686. The number of hydrogen-bond donors (Lipinski definition) is 1. The molecule has 2 aromatic carbocycles. The van der Waals surface area contributed by atoms with Gasteiger partial charge in [-0.1, -0.05) is 23.7 Å². The summed E-state index contributed by atoms with van der Waals surface area (Å²) in [6.07, 6.45) is -0.0182. The Morgan fingerprint density at radius 1 is 1.42 bits per heavy atom. The van der Waals surface area contributed by atoms with E-state index in [2.05, 4.69) is 10.3 Å². The molecule has 31 heavy (non-hydrogen) atoms. The van der Waals surface area contributed by atoms with Crippen LogP contribution in [0, 0.1) is 0 Å². The van der Waals surface area contributed by atoms with Crippen molar-refractivity contribution in [3.05, 3.63) is 52.5 Å². The highest BCUT2D eigenvalue weighted by Gasteiger charge is 2.25. The normalized spacial score (nSPS) is 17.5.